The minimum Gasteiger partial charge on any atom is -0.384 e. The SMILES string of the molecule is CCC(NC(=O)c1ccnc(N)c1)c1ncc[nH]1. The van der Waals surface area contributed by atoms with Gasteiger partial charge >= 0.3 is 0 Å². The zero-order chi connectivity index (χ0) is 13.0. The van der Waals surface area contributed by atoms with E-state index in [1.807, 2.05) is 6.92 Å². The van der Waals surface area contributed by atoms with Crippen LogP contribution in [0.15, 0.2) is 30.7 Å². The number of aromatic nitrogens is 3. The fourth-order valence-corrected chi connectivity index (χ4v) is 1.66. The first-order valence-electron chi connectivity index (χ1n) is 5.72. The second-order valence-corrected chi connectivity index (χ2v) is 3.88. The van der Waals surface area contributed by atoms with Crippen LogP contribution >= 0.6 is 0 Å². The van der Waals surface area contributed by atoms with Crippen LogP contribution in [0, 0.1) is 0 Å². The summed E-state index contributed by atoms with van der Waals surface area (Å²) in [5.74, 6) is 0.883. The zero-order valence-electron chi connectivity index (χ0n) is 10.1. The van der Waals surface area contributed by atoms with Crippen LogP contribution in [0.1, 0.15) is 35.6 Å². The molecule has 2 rings (SSSR count). The lowest BCUT2D eigenvalue weighted by atomic mass is 10.2. The number of carbonyl (C=O) groups is 1. The number of H-pyrrole nitrogens is 1. The number of aromatic amines is 1. The van der Waals surface area contributed by atoms with E-state index in [1.54, 1.807) is 24.5 Å². The summed E-state index contributed by atoms with van der Waals surface area (Å²) in [5, 5.41) is 2.90. The van der Waals surface area contributed by atoms with Crippen LogP contribution in [-0.4, -0.2) is 20.9 Å². The molecule has 4 N–H and O–H groups in total. The fourth-order valence-electron chi connectivity index (χ4n) is 1.66. The van der Waals surface area contributed by atoms with Gasteiger partial charge in [-0.3, -0.25) is 4.79 Å². The van der Waals surface area contributed by atoms with Gasteiger partial charge in [0.2, 0.25) is 0 Å². The molecule has 1 atom stereocenters. The van der Waals surface area contributed by atoms with Gasteiger partial charge in [-0.25, -0.2) is 9.97 Å². The molecule has 18 heavy (non-hydrogen) atoms. The summed E-state index contributed by atoms with van der Waals surface area (Å²) in [4.78, 5) is 23.0. The van der Waals surface area contributed by atoms with Crippen molar-refractivity contribution in [3.63, 3.8) is 0 Å². The first-order valence-corrected chi connectivity index (χ1v) is 5.72. The smallest absolute Gasteiger partial charge is 0.252 e. The van der Waals surface area contributed by atoms with Crippen molar-refractivity contribution >= 4 is 11.7 Å². The van der Waals surface area contributed by atoms with E-state index in [4.69, 9.17) is 5.73 Å². The molecule has 0 saturated heterocycles. The number of rotatable bonds is 4. The van der Waals surface area contributed by atoms with Gasteiger partial charge in [-0.15, -0.1) is 0 Å². The third-order valence-electron chi connectivity index (χ3n) is 2.61. The van der Waals surface area contributed by atoms with Gasteiger partial charge in [0, 0.05) is 24.2 Å². The van der Waals surface area contributed by atoms with E-state index in [2.05, 4.69) is 20.3 Å². The van der Waals surface area contributed by atoms with Crippen molar-refractivity contribution in [1.82, 2.24) is 20.3 Å². The van der Waals surface area contributed by atoms with Crippen molar-refractivity contribution in [2.24, 2.45) is 0 Å². The molecule has 0 fully saturated rings. The second kappa shape index (κ2) is 5.31. The minimum absolute atomic E-state index is 0.137. The topological polar surface area (TPSA) is 96.7 Å². The third-order valence-corrected chi connectivity index (χ3v) is 2.61. The Morgan fingerprint density at radius 3 is 2.94 bits per heavy atom. The Morgan fingerprint density at radius 1 is 1.50 bits per heavy atom. The van der Waals surface area contributed by atoms with Crippen molar-refractivity contribution in [2.75, 3.05) is 5.73 Å². The van der Waals surface area contributed by atoms with E-state index >= 15 is 0 Å². The number of imidazole rings is 1. The average Bonchev–Trinajstić information content (AvgIpc) is 2.89. The van der Waals surface area contributed by atoms with E-state index in [-0.39, 0.29) is 11.9 Å². The van der Waals surface area contributed by atoms with Gasteiger partial charge < -0.3 is 16.0 Å². The van der Waals surface area contributed by atoms with E-state index in [9.17, 15) is 4.79 Å². The van der Waals surface area contributed by atoms with Crippen LogP contribution in [0.5, 0.6) is 0 Å². The molecule has 0 radical (unpaired) electrons. The number of carbonyl (C=O) groups excluding carboxylic acids is 1. The van der Waals surface area contributed by atoms with E-state index in [0.717, 1.165) is 12.2 Å². The van der Waals surface area contributed by atoms with Crippen molar-refractivity contribution in [1.29, 1.82) is 0 Å². The molecule has 0 aliphatic heterocycles. The predicted octanol–water partition coefficient (Wildman–Crippen LogP) is 1.27. The maximum Gasteiger partial charge on any atom is 0.252 e. The normalized spacial score (nSPS) is 12.1. The summed E-state index contributed by atoms with van der Waals surface area (Å²) in [5.41, 5.74) is 6.04. The maximum absolute atomic E-state index is 12.0. The van der Waals surface area contributed by atoms with Crippen molar-refractivity contribution in [3.8, 4) is 0 Å². The van der Waals surface area contributed by atoms with Crippen molar-refractivity contribution in [3.05, 3.63) is 42.1 Å². The molecule has 0 aromatic carbocycles. The maximum atomic E-state index is 12.0. The van der Waals surface area contributed by atoms with Gasteiger partial charge in [-0.1, -0.05) is 6.92 Å². The molecular weight excluding hydrogens is 230 g/mol. The molecule has 0 spiro atoms. The summed E-state index contributed by atoms with van der Waals surface area (Å²) < 4.78 is 0. The standard InChI is InChI=1S/C12H15N5O/c1-2-9(11-15-5-6-16-11)17-12(18)8-3-4-14-10(13)7-8/h3-7,9H,2H2,1H3,(H2,13,14)(H,15,16)(H,17,18). The van der Waals surface area contributed by atoms with Gasteiger partial charge in [0.15, 0.2) is 0 Å². The lowest BCUT2D eigenvalue weighted by Gasteiger charge is -2.14. The van der Waals surface area contributed by atoms with Crippen LogP contribution in [0.4, 0.5) is 5.82 Å². The number of nitrogens with one attached hydrogen (secondary N) is 2. The highest BCUT2D eigenvalue weighted by molar-refractivity contribution is 5.94. The molecule has 0 saturated carbocycles. The Labute approximate surface area is 105 Å². The van der Waals surface area contributed by atoms with Gasteiger partial charge in [-0.2, -0.15) is 0 Å². The largest absolute Gasteiger partial charge is 0.384 e. The zero-order valence-corrected chi connectivity index (χ0v) is 10.1. The molecule has 6 heteroatoms. The Kier molecular flexibility index (Phi) is 3.57. The molecule has 1 unspecified atom stereocenters. The molecule has 0 aliphatic carbocycles. The Bertz CT molecular complexity index is 523. The first-order chi connectivity index (χ1) is 8.70. The highest BCUT2D eigenvalue weighted by Crippen LogP contribution is 2.13. The predicted molar refractivity (Wildman–Crippen MR) is 67.7 cm³/mol. The molecular formula is C12H15N5O. The van der Waals surface area contributed by atoms with Crippen LogP contribution in [-0.2, 0) is 0 Å². The number of nitrogens with zero attached hydrogens (tertiary/aromatic N) is 2. The lowest BCUT2D eigenvalue weighted by Crippen LogP contribution is -2.29. The van der Waals surface area contributed by atoms with E-state index in [1.165, 1.54) is 6.20 Å². The summed E-state index contributed by atoms with van der Waals surface area (Å²) in [7, 11) is 0. The summed E-state index contributed by atoms with van der Waals surface area (Å²) >= 11 is 0. The van der Waals surface area contributed by atoms with Gasteiger partial charge in [0.25, 0.3) is 5.91 Å². The van der Waals surface area contributed by atoms with Crippen LogP contribution in [0.2, 0.25) is 0 Å². The molecule has 2 aromatic rings. The number of amides is 1. The van der Waals surface area contributed by atoms with Crippen LogP contribution < -0.4 is 11.1 Å². The van der Waals surface area contributed by atoms with Gasteiger partial charge in [0.05, 0.1) is 6.04 Å². The summed E-state index contributed by atoms with van der Waals surface area (Å²) in [6.07, 6.45) is 5.65. The third kappa shape index (κ3) is 2.65. The quantitative estimate of drug-likeness (QED) is 0.755. The number of hydrogen-bond donors (Lipinski definition) is 3. The number of nitrogens with two attached hydrogens (primary N) is 1. The van der Waals surface area contributed by atoms with Crippen molar-refractivity contribution < 1.29 is 4.79 Å². The number of pyridine rings is 1. The van der Waals surface area contributed by atoms with Crippen LogP contribution in [0.25, 0.3) is 0 Å². The molecule has 1 amide bonds. The van der Waals surface area contributed by atoms with Gasteiger partial charge in [0.1, 0.15) is 11.6 Å². The monoisotopic (exact) mass is 245 g/mol. The Hall–Kier alpha value is -2.37. The van der Waals surface area contributed by atoms with E-state index in [0.29, 0.717) is 11.4 Å². The summed E-state index contributed by atoms with van der Waals surface area (Å²) in [6.45, 7) is 1.98. The first kappa shape index (κ1) is 12.1. The molecule has 6 nitrogen and oxygen atoms in total. The van der Waals surface area contributed by atoms with Crippen molar-refractivity contribution in [2.45, 2.75) is 19.4 Å². The highest BCUT2D eigenvalue weighted by atomic mass is 16.1. The fraction of sp³-hybridized carbons (Fsp3) is 0.250. The Morgan fingerprint density at radius 2 is 2.33 bits per heavy atom. The van der Waals surface area contributed by atoms with Gasteiger partial charge in [-0.05, 0) is 18.6 Å². The summed E-state index contributed by atoms with van der Waals surface area (Å²) in [6, 6.07) is 3.03. The lowest BCUT2D eigenvalue weighted by molar-refractivity contribution is 0.0934. The molecule has 0 bridgehead atoms. The number of nitrogen functional groups attached to an aromatic ring is 1. The molecule has 2 aromatic heterocycles. The molecule has 94 valence electrons. The molecule has 2 heterocycles. The second-order valence-electron chi connectivity index (χ2n) is 3.88. The Balaban J connectivity index is 2.11. The average molecular weight is 245 g/mol. The highest BCUT2D eigenvalue weighted by Gasteiger charge is 2.15. The minimum atomic E-state index is -0.188. The number of hydrogen-bond acceptors (Lipinski definition) is 4. The van der Waals surface area contributed by atoms with Crippen LogP contribution in [0.3, 0.4) is 0 Å². The molecule has 0 aliphatic rings. The van der Waals surface area contributed by atoms with E-state index < -0.39 is 0 Å². The number of anilines is 1.